The van der Waals surface area contributed by atoms with E-state index in [1.165, 1.54) is 19.0 Å². The number of hydrogen-bond donors (Lipinski definition) is 1. The van der Waals surface area contributed by atoms with Crippen LogP contribution in [-0.2, 0) is 6.54 Å². The zero-order chi connectivity index (χ0) is 18.9. The van der Waals surface area contributed by atoms with Gasteiger partial charge in [0.05, 0.1) is 23.8 Å². The van der Waals surface area contributed by atoms with E-state index < -0.39 is 0 Å². The lowest BCUT2D eigenvalue weighted by molar-refractivity contribution is 0.0944. The number of aromatic nitrogens is 6. The molecule has 1 aliphatic heterocycles. The van der Waals surface area contributed by atoms with E-state index >= 15 is 0 Å². The van der Waals surface area contributed by atoms with Crippen molar-refractivity contribution in [3.8, 4) is 0 Å². The van der Waals surface area contributed by atoms with Crippen LogP contribution in [0.15, 0.2) is 42.6 Å². The van der Waals surface area contributed by atoms with Crippen LogP contribution >= 0.6 is 0 Å². The number of fused-ring (bicyclic) bond motifs is 2. The van der Waals surface area contributed by atoms with Crippen LogP contribution in [0.5, 0.6) is 0 Å². The molecule has 1 aromatic carbocycles. The van der Waals surface area contributed by atoms with Crippen LogP contribution in [0.3, 0.4) is 0 Å². The molecule has 0 saturated carbocycles. The fourth-order valence-corrected chi connectivity index (χ4v) is 3.37. The van der Waals surface area contributed by atoms with E-state index in [0.717, 1.165) is 24.4 Å². The van der Waals surface area contributed by atoms with Gasteiger partial charge < -0.3 is 10.2 Å². The summed E-state index contributed by atoms with van der Waals surface area (Å²) >= 11 is 0. The first-order valence-electron chi connectivity index (χ1n) is 9.24. The van der Waals surface area contributed by atoms with Crippen molar-refractivity contribution in [3.05, 3.63) is 54.1 Å². The topological polar surface area (TPSA) is 101 Å². The van der Waals surface area contributed by atoms with Crippen LogP contribution in [0.1, 0.15) is 29.2 Å². The van der Waals surface area contributed by atoms with Gasteiger partial charge in [-0.15, -0.1) is 15.3 Å². The van der Waals surface area contributed by atoms with Gasteiger partial charge in [0.1, 0.15) is 11.5 Å². The molecule has 1 N–H and O–H groups in total. The molecule has 0 aliphatic carbocycles. The number of hydrogen-bond acceptors (Lipinski definition) is 7. The summed E-state index contributed by atoms with van der Waals surface area (Å²) in [6, 6.07) is 11.3. The highest BCUT2D eigenvalue weighted by molar-refractivity contribution is 5.93. The Hall–Kier alpha value is -3.62. The molecule has 4 heterocycles. The van der Waals surface area contributed by atoms with Crippen LogP contribution in [0.25, 0.3) is 16.7 Å². The zero-order valence-electron chi connectivity index (χ0n) is 15.1. The van der Waals surface area contributed by atoms with Crippen molar-refractivity contribution in [1.29, 1.82) is 0 Å². The molecule has 3 aromatic heterocycles. The normalized spacial score (nSPS) is 14.1. The molecule has 0 radical (unpaired) electrons. The molecule has 1 saturated heterocycles. The predicted molar refractivity (Wildman–Crippen MR) is 103 cm³/mol. The lowest BCUT2D eigenvalue weighted by Gasteiger charge is -2.15. The third-order valence-corrected chi connectivity index (χ3v) is 4.83. The van der Waals surface area contributed by atoms with E-state index in [0.29, 0.717) is 17.0 Å². The number of carbonyl (C=O) groups is 1. The number of amides is 1. The molecule has 5 rings (SSSR count). The number of carbonyl (C=O) groups excluding carboxylic acids is 1. The smallest absolute Gasteiger partial charge is 0.271 e. The maximum Gasteiger partial charge on any atom is 0.271 e. The second-order valence-corrected chi connectivity index (χ2v) is 6.70. The lowest BCUT2D eigenvalue weighted by Crippen LogP contribution is -2.26. The molecule has 9 heteroatoms. The van der Waals surface area contributed by atoms with Gasteiger partial charge in [0.15, 0.2) is 11.5 Å². The summed E-state index contributed by atoms with van der Waals surface area (Å²) in [6.45, 7) is 2.21. The van der Waals surface area contributed by atoms with Gasteiger partial charge >= 0.3 is 0 Å². The van der Waals surface area contributed by atoms with Crippen molar-refractivity contribution in [3.63, 3.8) is 0 Å². The molecule has 9 nitrogen and oxygen atoms in total. The Morgan fingerprint density at radius 1 is 1.04 bits per heavy atom. The summed E-state index contributed by atoms with van der Waals surface area (Å²) in [5.74, 6) is 1.15. The first kappa shape index (κ1) is 16.5. The molecule has 28 heavy (non-hydrogen) atoms. The highest BCUT2D eigenvalue weighted by Crippen LogP contribution is 2.18. The summed E-state index contributed by atoms with van der Waals surface area (Å²) in [5, 5.41) is 15.8. The minimum Gasteiger partial charge on any atom is -0.355 e. The van der Waals surface area contributed by atoms with Crippen LogP contribution in [-0.4, -0.2) is 48.8 Å². The average molecular weight is 374 g/mol. The van der Waals surface area contributed by atoms with E-state index in [9.17, 15) is 4.79 Å². The Morgan fingerprint density at radius 2 is 1.86 bits per heavy atom. The number of nitrogens with zero attached hydrogens (tertiary/aromatic N) is 7. The summed E-state index contributed by atoms with van der Waals surface area (Å²) in [7, 11) is 0. The van der Waals surface area contributed by atoms with Crippen molar-refractivity contribution in [2.75, 3.05) is 18.0 Å². The second kappa shape index (κ2) is 6.84. The summed E-state index contributed by atoms with van der Waals surface area (Å²) in [6.07, 6.45) is 3.83. The van der Waals surface area contributed by atoms with E-state index in [2.05, 4.69) is 35.5 Å². The molecular formula is C19H18N8O. The zero-order valence-corrected chi connectivity index (χ0v) is 15.1. The van der Waals surface area contributed by atoms with Gasteiger partial charge in [0, 0.05) is 13.1 Å². The molecule has 0 bridgehead atoms. The van der Waals surface area contributed by atoms with Crippen molar-refractivity contribution < 1.29 is 4.79 Å². The fourth-order valence-electron chi connectivity index (χ4n) is 3.37. The van der Waals surface area contributed by atoms with Crippen molar-refractivity contribution in [2.24, 2.45) is 0 Å². The lowest BCUT2D eigenvalue weighted by atomic mass is 10.3. The maximum atomic E-state index is 12.5. The van der Waals surface area contributed by atoms with Crippen LogP contribution in [0, 0.1) is 0 Å². The predicted octanol–water partition coefficient (Wildman–Crippen LogP) is 1.60. The fraction of sp³-hybridized carbons (Fsp3) is 0.263. The van der Waals surface area contributed by atoms with Crippen molar-refractivity contribution in [1.82, 2.24) is 35.1 Å². The molecule has 140 valence electrons. The molecule has 0 spiro atoms. The molecular weight excluding hydrogens is 356 g/mol. The van der Waals surface area contributed by atoms with Crippen LogP contribution in [0.4, 0.5) is 5.82 Å². The largest absolute Gasteiger partial charge is 0.355 e. The average Bonchev–Trinajstić information content (AvgIpc) is 3.41. The minimum atomic E-state index is -0.314. The van der Waals surface area contributed by atoms with Gasteiger partial charge in [-0.1, -0.05) is 12.1 Å². The van der Waals surface area contributed by atoms with E-state index in [-0.39, 0.29) is 18.1 Å². The third-order valence-electron chi connectivity index (χ3n) is 4.83. The van der Waals surface area contributed by atoms with Gasteiger partial charge in [-0.05, 0) is 37.1 Å². The first-order chi connectivity index (χ1) is 13.8. The second-order valence-electron chi connectivity index (χ2n) is 6.70. The summed E-state index contributed by atoms with van der Waals surface area (Å²) in [5.41, 5.74) is 2.34. The number of para-hydroxylation sites is 2. The third kappa shape index (κ3) is 3.00. The van der Waals surface area contributed by atoms with Gasteiger partial charge in [0.25, 0.3) is 5.91 Å². The molecule has 1 aliphatic rings. The molecule has 1 fully saturated rings. The standard InChI is InChI=1S/C19H18N8O/c28-19(15-11-20-13-5-1-2-6-14(13)22-15)21-12-18-24-23-16-7-8-17(25-27(16)18)26-9-3-4-10-26/h1-2,5-8,11H,3-4,9-10,12H2,(H,21,28). The summed E-state index contributed by atoms with van der Waals surface area (Å²) in [4.78, 5) is 23.4. The van der Waals surface area contributed by atoms with E-state index in [1.54, 1.807) is 4.52 Å². The minimum absolute atomic E-state index is 0.199. The number of nitrogens with one attached hydrogen (secondary N) is 1. The van der Waals surface area contributed by atoms with E-state index in [1.807, 2.05) is 36.4 Å². The maximum absolute atomic E-state index is 12.5. The van der Waals surface area contributed by atoms with Gasteiger partial charge in [-0.25, -0.2) is 4.98 Å². The Labute approximate surface area is 160 Å². The first-order valence-corrected chi connectivity index (χ1v) is 9.24. The monoisotopic (exact) mass is 374 g/mol. The summed E-state index contributed by atoms with van der Waals surface area (Å²) < 4.78 is 1.68. The van der Waals surface area contributed by atoms with Gasteiger partial charge in [-0.3, -0.25) is 9.78 Å². The Bertz CT molecular complexity index is 1170. The highest BCUT2D eigenvalue weighted by Gasteiger charge is 2.16. The van der Waals surface area contributed by atoms with Crippen LogP contribution < -0.4 is 10.2 Å². The Kier molecular flexibility index (Phi) is 4.04. The van der Waals surface area contributed by atoms with Gasteiger partial charge in [-0.2, -0.15) is 4.52 Å². The quantitative estimate of drug-likeness (QED) is 0.579. The molecule has 1 amide bonds. The number of benzene rings is 1. The Balaban J connectivity index is 1.35. The highest BCUT2D eigenvalue weighted by atomic mass is 16.1. The Morgan fingerprint density at radius 3 is 2.71 bits per heavy atom. The number of anilines is 1. The van der Waals surface area contributed by atoms with E-state index in [4.69, 9.17) is 0 Å². The number of rotatable bonds is 4. The van der Waals surface area contributed by atoms with Crippen LogP contribution in [0.2, 0.25) is 0 Å². The van der Waals surface area contributed by atoms with Crippen molar-refractivity contribution in [2.45, 2.75) is 19.4 Å². The SMILES string of the molecule is O=C(NCc1nnc2ccc(N3CCCC3)nn12)c1cnc2ccccc2n1. The molecule has 4 aromatic rings. The molecule has 0 atom stereocenters. The molecule has 0 unspecified atom stereocenters. The van der Waals surface area contributed by atoms with Gasteiger partial charge in [0.2, 0.25) is 0 Å². The van der Waals surface area contributed by atoms with Crippen molar-refractivity contribution >= 4 is 28.4 Å².